The van der Waals surface area contributed by atoms with E-state index in [1.165, 1.54) is 47.9 Å². The molecule has 1 aliphatic rings. The Morgan fingerprint density at radius 3 is 2.65 bits per heavy atom. The van der Waals surface area contributed by atoms with Gasteiger partial charge in [-0.3, -0.25) is 4.79 Å². The van der Waals surface area contributed by atoms with E-state index in [-0.39, 0.29) is 11.9 Å². The number of carbonyl (C=O) groups excluding carboxylic acids is 1. The van der Waals surface area contributed by atoms with Crippen LogP contribution < -0.4 is 10.6 Å². The van der Waals surface area contributed by atoms with Crippen molar-refractivity contribution in [1.29, 1.82) is 0 Å². The summed E-state index contributed by atoms with van der Waals surface area (Å²) in [4.78, 5) is 12.4. The summed E-state index contributed by atoms with van der Waals surface area (Å²) in [6, 6.07) is 13.1. The fraction of sp³-hybridized carbons (Fsp3) is 0.435. The minimum Gasteiger partial charge on any atom is -0.324 e. The third-order valence-corrected chi connectivity index (χ3v) is 5.45. The average molecular weight is 351 g/mol. The van der Waals surface area contributed by atoms with E-state index in [2.05, 4.69) is 48.7 Å². The SMILES string of the molecule is CCc1cccc(C)c1NC(=O)CN[C@H](C)c1ccc2c(c1)CCCC2. The van der Waals surface area contributed by atoms with Crippen LogP contribution in [0.1, 0.15) is 60.5 Å². The van der Waals surface area contributed by atoms with Crippen LogP contribution in [0.25, 0.3) is 0 Å². The zero-order chi connectivity index (χ0) is 18.5. The zero-order valence-electron chi connectivity index (χ0n) is 16.2. The number of carbonyl (C=O) groups is 1. The molecule has 1 atom stereocenters. The number of para-hydroxylation sites is 1. The van der Waals surface area contributed by atoms with Gasteiger partial charge < -0.3 is 10.6 Å². The molecule has 26 heavy (non-hydrogen) atoms. The minimum atomic E-state index is 0.0128. The van der Waals surface area contributed by atoms with E-state index in [1.807, 2.05) is 19.1 Å². The van der Waals surface area contributed by atoms with E-state index in [4.69, 9.17) is 0 Å². The molecule has 2 N–H and O–H groups in total. The molecule has 0 unspecified atom stereocenters. The molecule has 3 rings (SSSR count). The van der Waals surface area contributed by atoms with Crippen LogP contribution in [0, 0.1) is 6.92 Å². The van der Waals surface area contributed by atoms with E-state index in [1.54, 1.807) is 0 Å². The quantitative estimate of drug-likeness (QED) is 0.791. The summed E-state index contributed by atoms with van der Waals surface area (Å²) in [6.07, 6.45) is 5.89. The number of rotatable bonds is 6. The molecule has 138 valence electrons. The van der Waals surface area contributed by atoms with Gasteiger partial charge >= 0.3 is 0 Å². The lowest BCUT2D eigenvalue weighted by Gasteiger charge is -2.20. The number of amides is 1. The molecule has 0 radical (unpaired) electrons. The summed E-state index contributed by atoms with van der Waals surface area (Å²) < 4.78 is 0. The predicted molar refractivity (Wildman–Crippen MR) is 109 cm³/mol. The van der Waals surface area contributed by atoms with Crippen LogP contribution >= 0.6 is 0 Å². The Morgan fingerprint density at radius 2 is 1.88 bits per heavy atom. The lowest BCUT2D eigenvalue weighted by molar-refractivity contribution is -0.115. The second kappa shape index (κ2) is 8.50. The van der Waals surface area contributed by atoms with Gasteiger partial charge in [-0.25, -0.2) is 0 Å². The summed E-state index contributed by atoms with van der Waals surface area (Å²) in [5.41, 5.74) is 7.50. The predicted octanol–water partition coefficient (Wildman–Crippen LogP) is 4.73. The average Bonchev–Trinajstić information content (AvgIpc) is 2.67. The number of fused-ring (bicyclic) bond motifs is 1. The number of aryl methyl sites for hydroxylation is 4. The molecule has 0 spiro atoms. The highest BCUT2D eigenvalue weighted by Gasteiger charge is 2.14. The Balaban J connectivity index is 1.59. The fourth-order valence-electron chi connectivity index (χ4n) is 3.77. The minimum absolute atomic E-state index is 0.0128. The lowest BCUT2D eigenvalue weighted by atomic mass is 9.89. The number of anilines is 1. The Bertz CT molecular complexity index is 782. The van der Waals surface area contributed by atoms with Crippen LogP contribution in [0.4, 0.5) is 5.69 Å². The molecule has 3 nitrogen and oxygen atoms in total. The van der Waals surface area contributed by atoms with Crippen LogP contribution in [0.5, 0.6) is 0 Å². The normalized spacial score (nSPS) is 14.6. The molecule has 0 saturated heterocycles. The number of hydrogen-bond donors (Lipinski definition) is 2. The molecular formula is C23H30N2O. The molecule has 1 aliphatic carbocycles. The fourth-order valence-corrected chi connectivity index (χ4v) is 3.77. The molecule has 0 aromatic heterocycles. The van der Waals surface area contributed by atoms with Crippen molar-refractivity contribution in [3.63, 3.8) is 0 Å². The van der Waals surface area contributed by atoms with Crippen LogP contribution in [0.15, 0.2) is 36.4 Å². The smallest absolute Gasteiger partial charge is 0.238 e. The maximum absolute atomic E-state index is 12.4. The van der Waals surface area contributed by atoms with Gasteiger partial charge in [0.15, 0.2) is 0 Å². The summed E-state index contributed by atoms with van der Waals surface area (Å²) in [6.45, 7) is 6.59. The lowest BCUT2D eigenvalue weighted by Crippen LogP contribution is -2.30. The molecule has 0 heterocycles. The number of hydrogen-bond acceptors (Lipinski definition) is 2. The van der Waals surface area contributed by atoms with Crippen molar-refractivity contribution in [2.24, 2.45) is 0 Å². The summed E-state index contributed by atoms with van der Waals surface area (Å²) >= 11 is 0. The highest BCUT2D eigenvalue weighted by Crippen LogP contribution is 2.25. The monoisotopic (exact) mass is 350 g/mol. The van der Waals surface area contributed by atoms with Crippen molar-refractivity contribution >= 4 is 11.6 Å². The van der Waals surface area contributed by atoms with Crippen molar-refractivity contribution in [1.82, 2.24) is 5.32 Å². The topological polar surface area (TPSA) is 41.1 Å². The Hall–Kier alpha value is -2.13. The molecule has 2 aromatic carbocycles. The van der Waals surface area contributed by atoms with Gasteiger partial charge in [0.2, 0.25) is 5.91 Å². The van der Waals surface area contributed by atoms with E-state index in [0.717, 1.165) is 17.7 Å². The first-order chi connectivity index (χ1) is 12.6. The van der Waals surface area contributed by atoms with Crippen LogP contribution in [0.3, 0.4) is 0 Å². The van der Waals surface area contributed by atoms with Crippen molar-refractivity contribution in [3.8, 4) is 0 Å². The maximum Gasteiger partial charge on any atom is 0.238 e. The standard InChI is InChI=1S/C23H30N2O/c1-4-18-11-7-8-16(2)23(18)25-22(26)15-24-17(3)20-13-12-19-9-5-6-10-21(19)14-20/h7-8,11-14,17,24H,4-6,9-10,15H2,1-3H3,(H,25,26)/t17-/m1/s1. The van der Waals surface area contributed by atoms with E-state index in [0.29, 0.717) is 6.54 Å². The molecule has 0 aliphatic heterocycles. The van der Waals surface area contributed by atoms with Gasteiger partial charge in [0.1, 0.15) is 0 Å². The second-order valence-corrected chi connectivity index (χ2v) is 7.35. The highest BCUT2D eigenvalue weighted by molar-refractivity contribution is 5.93. The summed E-state index contributed by atoms with van der Waals surface area (Å²) in [5, 5.41) is 6.46. The van der Waals surface area contributed by atoms with Crippen molar-refractivity contribution in [3.05, 3.63) is 64.2 Å². The number of benzene rings is 2. The van der Waals surface area contributed by atoms with Gasteiger partial charge in [-0.05, 0) is 73.8 Å². The van der Waals surface area contributed by atoms with Gasteiger partial charge in [0, 0.05) is 11.7 Å². The van der Waals surface area contributed by atoms with Crippen LogP contribution in [0.2, 0.25) is 0 Å². The Labute approximate surface area is 157 Å². The second-order valence-electron chi connectivity index (χ2n) is 7.35. The van der Waals surface area contributed by atoms with Crippen LogP contribution in [-0.4, -0.2) is 12.5 Å². The van der Waals surface area contributed by atoms with Crippen molar-refractivity contribution < 1.29 is 4.79 Å². The summed E-state index contributed by atoms with van der Waals surface area (Å²) in [7, 11) is 0. The first kappa shape index (κ1) is 18.7. The van der Waals surface area contributed by atoms with Gasteiger partial charge in [-0.15, -0.1) is 0 Å². The van der Waals surface area contributed by atoms with E-state index in [9.17, 15) is 4.79 Å². The summed E-state index contributed by atoms with van der Waals surface area (Å²) in [5.74, 6) is 0.0128. The zero-order valence-corrected chi connectivity index (χ0v) is 16.2. The molecule has 0 saturated carbocycles. The molecular weight excluding hydrogens is 320 g/mol. The van der Waals surface area contributed by atoms with Gasteiger partial charge in [0.25, 0.3) is 0 Å². The highest BCUT2D eigenvalue weighted by atomic mass is 16.1. The van der Waals surface area contributed by atoms with Gasteiger partial charge in [0.05, 0.1) is 6.54 Å². The third kappa shape index (κ3) is 4.34. The Kier molecular flexibility index (Phi) is 6.10. The Morgan fingerprint density at radius 1 is 1.12 bits per heavy atom. The third-order valence-electron chi connectivity index (χ3n) is 5.45. The van der Waals surface area contributed by atoms with Crippen molar-refractivity contribution in [2.75, 3.05) is 11.9 Å². The molecule has 0 fully saturated rings. The molecule has 0 bridgehead atoms. The van der Waals surface area contributed by atoms with Crippen LogP contribution in [-0.2, 0) is 24.1 Å². The largest absolute Gasteiger partial charge is 0.324 e. The maximum atomic E-state index is 12.4. The van der Waals surface area contributed by atoms with E-state index >= 15 is 0 Å². The van der Waals surface area contributed by atoms with E-state index < -0.39 is 0 Å². The number of nitrogens with one attached hydrogen (secondary N) is 2. The molecule has 2 aromatic rings. The molecule has 1 amide bonds. The van der Waals surface area contributed by atoms with Gasteiger partial charge in [-0.1, -0.05) is 43.3 Å². The van der Waals surface area contributed by atoms with Gasteiger partial charge in [-0.2, -0.15) is 0 Å². The first-order valence-electron chi connectivity index (χ1n) is 9.82. The molecule has 3 heteroatoms. The van der Waals surface area contributed by atoms with Crippen molar-refractivity contribution in [2.45, 2.75) is 58.9 Å². The first-order valence-corrected chi connectivity index (χ1v) is 9.82.